The molecule has 0 fully saturated rings. The fraction of sp³-hybridized carbons (Fsp3) is 0.286. The minimum atomic E-state index is 0.678. The van der Waals surface area contributed by atoms with Crippen molar-refractivity contribution < 1.29 is 4.57 Å². The normalized spacial score (nSPS) is 11.3. The maximum atomic E-state index is 2.37. The van der Waals surface area contributed by atoms with Crippen LogP contribution in [0.25, 0.3) is 22.0 Å². The molecule has 0 unspecified atom stereocenters. The minimum Gasteiger partial charge on any atom is -0.200 e. The van der Waals surface area contributed by atoms with E-state index in [1.807, 2.05) is 0 Å². The van der Waals surface area contributed by atoms with E-state index in [0.717, 1.165) is 6.42 Å². The van der Waals surface area contributed by atoms with Gasteiger partial charge in [0.2, 0.25) is 5.69 Å². The van der Waals surface area contributed by atoms with Crippen LogP contribution >= 0.6 is 0 Å². The van der Waals surface area contributed by atoms with Gasteiger partial charge < -0.3 is 0 Å². The smallest absolute Gasteiger partial charge is 0.200 e. The van der Waals surface area contributed by atoms with Crippen molar-refractivity contribution in [1.82, 2.24) is 0 Å². The number of fused-ring (bicyclic) bond motifs is 1. The Balaban J connectivity index is 2.25. The minimum absolute atomic E-state index is 0.678. The van der Waals surface area contributed by atoms with E-state index in [2.05, 4.69) is 87.1 Å². The molecule has 2 aromatic carbocycles. The highest BCUT2D eigenvalue weighted by molar-refractivity contribution is 5.93. The van der Waals surface area contributed by atoms with Crippen molar-refractivity contribution in [2.24, 2.45) is 13.0 Å². The summed E-state index contributed by atoms with van der Waals surface area (Å²) in [5, 5.41) is 2.61. The zero-order chi connectivity index (χ0) is 15.7. The van der Waals surface area contributed by atoms with Crippen LogP contribution in [-0.4, -0.2) is 0 Å². The summed E-state index contributed by atoms with van der Waals surface area (Å²) in [6.07, 6.45) is 3.29. The van der Waals surface area contributed by atoms with Gasteiger partial charge in [-0.1, -0.05) is 44.2 Å². The molecule has 0 atom stereocenters. The Morgan fingerprint density at radius 2 is 1.77 bits per heavy atom. The van der Waals surface area contributed by atoms with E-state index in [1.54, 1.807) is 0 Å². The molecule has 1 aromatic heterocycles. The van der Waals surface area contributed by atoms with Crippen molar-refractivity contribution in [3.8, 4) is 11.3 Å². The molecule has 1 heteroatoms. The average Bonchev–Trinajstić information content (AvgIpc) is 2.49. The average molecular weight is 290 g/mol. The van der Waals surface area contributed by atoms with Crippen molar-refractivity contribution in [2.45, 2.75) is 27.2 Å². The second-order valence-electron chi connectivity index (χ2n) is 6.61. The van der Waals surface area contributed by atoms with E-state index in [4.69, 9.17) is 0 Å². The van der Waals surface area contributed by atoms with E-state index >= 15 is 0 Å². The summed E-state index contributed by atoms with van der Waals surface area (Å²) in [5.74, 6) is 0.678. The summed E-state index contributed by atoms with van der Waals surface area (Å²) in [6, 6.07) is 17.7. The second-order valence-corrected chi connectivity index (χ2v) is 6.61. The number of aryl methyl sites for hydroxylation is 2. The monoisotopic (exact) mass is 290 g/mol. The van der Waals surface area contributed by atoms with Gasteiger partial charge in [-0.25, -0.2) is 4.57 Å². The molecular weight excluding hydrogens is 266 g/mol. The molecule has 0 aliphatic carbocycles. The fourth-order valence-electron chi connectivity index (χ4n) is 3.17. The maximum Gasteiger partial charge on any atom is 0.220 e. The van der Waals surface area contributed by atoms with Gasteiger partial charge in [-0.05, 0) is 47.9 Å². The number of pyridine rings is 1. The van der Waals surface area contributed by atoms with Gasteiger partial charge in [-0.15, -0.1) is 0 Å². The molecule has 0 aliphatic rings. The molecule has 0 bridgehead atoms. The van der Waals surface area contributed by atoms with Gasteiger partial charge in [0, 0.05) is 11.6 Å². The first-order valence-electron chi connectivity index (χ1n) is 8.03. The molecule has 0 amide bonds. The highest BCUT2D eigenvalue weighted by atomic mass is 14.9. The predicted octanol–water partition coefficient (Wildman–Crippen LogP) is 4.84. The third-order valence-corrected chi connectivity index (χ3v) is 4.25. The summed E-state index contributed by atoms with van der Waals surface area (Å²) < 4.78 is 2.24. The SMILES string of the molecule is Cc1ccc(CC(C)C)cc1-c1c2ccccc2cc[n+]1C. The number of aromatic nitrogens is 1. The number of hydrogen-bond acceptors (Lipinski definition) is 0. The highest BCUT2D eigenvalue weighted by Gasteiger charge is 2.17. The molecular formula is C21H24N+. The van der Waals surface area contributed by atoms with Gasteiger partial charge in [0.05, 0.1) is 5.39 Å². The molecule has 0 spiro atoms. The van der Waals surface area contributed by atoms with Crippen LogP contribution < -0.4 is 4.57 Å². The second kappa shape index (κ2) is 5.92. The van der Waals surface area contributed by atoms with E-state index in [9.17, 15) is 0 Å². The van der Waals surface area contributed by atoms with Crippen LogP contribution in [0.15, 0.2) is 54.7 Å². The molecule has 1 nitrogen and oxygen atoms in total. The summed E-state index contributed by atoms with van der Waals surface area (Å²) in [7, 11) is 2.14. The van der Waals surface area contributed by atoms with Crippen molar-refractivity contribution in [2.75, 3.05) is 0 Å². The standard InChI is InChI=1S/C21H24N/c1-15(2)13-17-10-9-16(3)20(14-17)21-19-8-6-5-7-18(19)11-12-22(21)4/h5-12,14-15H,13H2,1-4H3/q+1. The van der Waals surface area contributed by atoms with E-state index in [-0.39, 0.29) is 0 Å². The van der Waals surface area contributed by atoms with Gasteiger partial charge in [-0.2, -0.15) is 0 Å². The quantitative estimate of drug-likeness (QED) is 0.608. The van der Waals surface area contributed by atoms with Crippen LogP contribution in [-0.2, 0) is 13.5 Å². The lowest BCUT2D eigenvalue weighted by molar-refractivity contribution is -0.659. The largest absolute Gasteiger partial charge is 0.220 e. The van der Waals surface area contributed by atoms with Crippen LogP contribution in [0.3, 0.4) is 0 Å². The van der Waals surface area contributed by atoms with Crippen molar-refractivity contribution in [3.05, 3.63) is 65.9 Å². The molecule has 0 saturated heterocycles. The Morgan fingerprint density at radius 1 is 1.00 bits per heavy atom. The summed E-state index contributed by atoms with van der Waals surface area (Å²) >= 11 is 0. The van der Waals surface area contributed by atoms with E-state index < -0.39 is 0 Å². The van der Waals surface area contributed by atoms with Gasteiger partial charge in [0.15, 0.2) is 6.20 Å². The lowest BCUT2D eigenvalue weighted by Gasteiger charge is -2.11. The van der Waals surface area contributed by atoms with Crippen LogP contribution in [0.5, 0.6) is 0 Å². The fourth-order valence-corrected chi connectivity index (χ4v) is 3.17. The Labute approximate surface area is 133 Å². The zero-order valence-electron chi connectivity index (χ0n) is 13.9. The molecule has 0 aliphatic heterocycles. The highest BCUT2D eigenvalue weighted by Crippen LogP contribution is 2.29. The van der Waals surface area contributed by atoms with Gasteiger partial charge >= 0.3 is 0 Å². The van der Waals surface area contributed by atoms with Crippen molar-refractivity contribution in [1.29, 1.82) is 0 Å². The van der Waals surface area contributed by atoms with Crippen LogP contribution in [0, 0.1) is 12.8 Å². The Morgan fingerprint density at radius 3 is 2.55 bits per heavy atom. The lowest BCUT2D eigenvalue weighted by atomic mass is 9.94. The van der Waals surface area contributed by atoms with Gasteiger partial charge in [0.1, 0.15) is 7.05 Å². The first kappa shape index (κ1) is 14.8. The van der Waals surface area contributed by atoms with Crippen LogP contribution in [0.2, 0.25) is 0 Å². The molecule has 0 N–H and O–H groups in total. The molecule has 3 rings (SSSR count). The van der Waals surface area contributed by atoms with E-state index in [1.165, 1.54) is 33.2 Å². The van der Waals surface area contributed by atoms with Crippen molar-refractivity contribution >= 4 is 10.8 Å². The van der Waals surface area contributed by atoms with Crippen molar-refractivity contribution in [3.63, 3.8) is 0 Å². The first-order chi connectivity index (χ1) is 10.6. The molecule has 22 heavy (non-hydrogen) atoms. The molecule has 0 saturated carbocycles. The number of rotatable bonds is 3. The predicted molar refractivity (Wildman–Crippen MR) is 93.8 cm³/mol. The Hall–Kier alpha value is -2.15. The number of hydrogen-bond donors (Lipinski definition) is 0. The summed E-state index contributed by atoms with van der Waals surface area (Å²) in [4.78, 5) is 0. The van der Waals surface area contributed by atoms with Gasteiger partial charge in [-0.3, -0.25) is 0 Å². The maximum absolute atomic E-state index is 2.37. The molecule has 112 valence electrons. The Bertz CT molecular complexity index is 815. The Kier molecular flexibility index (Phi) is 3.98. The van der Waals surface area contributed by atoms with Crippen LogP contribution in [0.1, 0.15) is 25.0 Å². The summed E-state index contributed by atoms with van der Waals surface area (Å²) in [5.41, 5.74) is 5.40. The third-order valence-electron chi connectivity index (χ3n) is 4.25. The lowest BCUT2D eigenvalue weighted by Crippen LogP contribution is -2.30. The van der Waals surface area contributed by atoms with E-state index in [0.29, 0.717) is 5.92 Å². The zero-order valence-corrected chi connectivity index (χ0v) is 13.9. The van der Waals surface area contributed by atoms with Crippen LogP contribution in [0.4, 0.5) is 0 Å². The molecule has 3 aromatic rings. The molecule has 1 heterocycles. The first-order valence-corrected chi connectivity index (χ1v) is 8.03. The number of nitrogens with zero attached hydrogens (tertiary/aromatic N) is 1. The topological polar surface area (TPSA) is 3.88 Å². The number of benzene rings is 2. The molecule has 0 radical (unpaired) electrons. The van der Waals surface area contributed by atoms with Gasteiger partial charge in [0.25, 0.3) is 0 Å². The summed E-state index contributed by atoms with van der Waals surface area (Å²) in [6.45, 7) is 6.76. The third kappa shape index (κ3) is 2.76.